The average Bonchev–Trinajstić information content (AvgIpc) is 2.17. The summed E-state index contributed by atoms with van der Waals surface area (Å²) in [6, 6.07) is 0.810. The summed E-state index contributed by atoms with van der Waals surface area (Å²) in [5.41, 5.74) is 0. The molecule has 0 spiro atoms. The Kier molecular flexibility index (Phi) is 2.66. The maximum absolute atomic E-state index is 5.41. The third-order valence-corrected chi connectivity index (χ3v) is 3.43. The van der Waals surface area contributed by atoms with E-state index in [-0.39, 0.29) is 0 Å². The number of nitrogens with one attached hydrogen (secondary N) is 1. The molecule has 1 aliphatic carbocycles. The van der Waals surface area contributed by atoms with Gasteiger partial charge in [0, 0.05) is 13.2 Å². The van der Waals surface area contributed by atoms with E-state index in [1.807, 2.05) is 7.11 Å². The van der Waals surface area contributed by atoms with Crippen LogP contribution in [0.2, 0.25) is 0 Å². The fourth-order valence-electron chi connectivity index (χ4n) is 2.67. The van der Waals surface area contributed by atoms with Gasteiger partial charge in [0.15, 0.2) is 0 Å². The first kappa shape index (κ1) is 8.52. The van der Waals surface area contributed by atoms with Gasteiger partial charge in [-0.25, -0.2) is 0 Å². The first-order valence-electron chi connectivity index (χ1n) is 5.16. The third-order valence-electron chi connectivity index (χ3n) is 3.43. The lowest BCUT2D eigenvalue weighted by Crippen LogP contribution is -2.46. The lowest BCUT2D eigenvalue weighted by Gasteiger charge is -2.39. The zero-order valence-corrected chi connectivity index (χ0v) is 7.88. The maximum atomic E-state index is 5.41. The Bertz CT molecular complexity index is 149. The minimum absolute atomic E-state index is 0.547. The highest BCUT2D eigenvalue weighted by atomic mass is 16.5. The van der Waals surface area contributed by atoms with Crippen LogP contribution in [0.15, 0.2) is 0 Å². The fourth-order valence-corrected chi connectivity index (χ4v) is 2.67. The van der Waals surface area contributed by atoms with Crippen molar-refractivity contribution < 1.29 is 4.74 Å². The van der Waals surface area contributed by atoms with E-state index >= 15 is 0 Å². The number of hydrogen-bond acceptors (Lipinski definition) is 2. The van der Waals surface area contributed by atoms with E-state index in [9.17, 15) is 0 Å². The minimum Gasteiger partial charge on any atom is -0.381 e. The van der Waals surface area contributed by atoms with Gasteiger partial charge in [-0.3, -0.25) is 0 Å². The van der Waals surface area contributed by atoms with Gasteiger partial charge >= 0.3 is 0 Å². The molecule has 3 unspecified atom stereocenters. The molecule has 12 heavy (non-hydrogen) atoms. The predicted octanol–water partition coefficient (Wildman–Crippen LogP) is 1.55. The van der Waals surface area contributed by atoms with E-state index in [1.165, 1.54) is 38.6 Å². The second-order valence-corrected chi connectivity index (χ2v) is 4.13. The van der Waals surface area contributed by atoms with Crippen LogP contribution in [0.3, 0.4) is 0 Å². The molecule has 0 aromatic carbocycles. The first-order valence-corrected chi connectivity index (χ1v) is 5.16. The van der Waals surface area contributed by atoms with Crippen molar-refractivity contribution in [2.45, 2.75) is 44.2 Å². The van der Waals surface area contributed by atoms with E-state index < -0.39 is 0 Å². The van der Waals surface area contributed by atoms with E-state index in [4.69, 9.17) is 4.74 Å². The zero-order valence-electron chi connectivity index (χ0n) is 7.88. The van der Waals surface area contributed by atoms with Crippen LogP contribution in [-0.2, 0) is 4.74 Å². The number of piperidine rings is 1. The van der Waals surface area contributed by atoms with Crippen molar-refractivity contribution in [3.8, 4) is 0 Å². The Morgan fingerprint density at radius 3 is 3.00 bits per heavy atom. The van der Waals surface area contributed by atoms with Crippen molar-refractivity contribution in [1.29, 1.82) is 0 Å². The first-order chi connectivity index (χ1) is 5.90. The molecule has 1 saturated heterocycles. The molecular weight excluding hydrogens is 150 g/mol. The second kappa shape index (κ2) is 3.75. The molecule has 2 fully saturated rings. The van der Waals surface area contributed by atoms with E-state index in [1.54, 1.807) is 0 Å². The quantitative estimate of drug-likeness (QED) is 0.643. The molecule has 0 bridgehead atoms. The zero-order chi connectivity index (χ0) is 8.39. The average molecular weight is 169 g/mol. The smallest absolute Gasteiger partial charge is 0.0575 e. The molecule has 0 aromatic rings. The Balaban J connectivity index is 1.90. The van der Waals surface area contributed by atoms with Crippen molar-refractivity contribution >= 4 is 0 Å². The highest BCUT2D eigenvalue weighted by Gasteiger charge is 2.31. The van der Waals surface area contributed by atoms with Gasteiger partial charge < -0.3 is 10.1 Å². The predicted molar refractivity (Wildman–Crippen MR) is 49.2 cm³/mol. The van der Waals surface area contributed by atoms with Crippen molar-refractivity contribution in [3.63, 3.8) is 0 Å². The van der Waals surface area contributed by atoms with Crippen LogP contribution < -0.4 is 5.32 Å². The number of fused-ring (bicyclic) bond motifs is 1. The van der Waals surface area contributed by atoms with Crippen LogP contribution in [0.5, 0.6) is 0 Å². The molecule has 0 aromatic heterocycles. The summed E-state index contributed by atoms with van der Waals surface area (Å²) in [7, 11) is 1.85. The van der Waals surface area contributed by atoms with E-state index in [2.05, 4.69) is 5.32 Å². The molecule has 0 radical (unpaired) electrons. The summed E-state index contributed by atoms with van der Waals surface area (Å²) in [6.45, 7) is 1.23. The fraction of sp³-hybridized carbons (Fsp3) is 1.00. The summed E-state index contributed by atoms with van der Waals surface area (Å²) in [5.74, 6) is 0.900. The molecule has 3 atom stereocenters. The van der Waals surface area contributed by atoms with Gasteiger partial charge in [0.2, 0.25) is 0 Å². The number of ether oxygens (including phenoxy) is 1. The van der Waals surface area contributed by atoms with Gasteiger partial charge in [0.25, 0.3) is 0 Å². The Labute approximate surface area is 74.7 Å². The van der Waals surface area contributed by atoms with Crippen LogP contribution >= 0.6 is 0 Å². The standard InChI is InChI=1S/C10H19NO/c1-12-9-4-5-10-8(7-9)3-2-6-11-10/h8-11H,2-7H2,1H3. The second-order valence-electron chi connectivity index (χ2n) is 4.13. The van der Waals surface area contributed by atoms with Crippen LogP contribution in [0.4, 0.5) is 0 Å². The molecule has 0 amide bonds. The van der Waals surface area contributed by atoms with Gasteiger partial charge in [0.1, 0.15) is 0 Å². The van der Waals surface area contributed by atoms with Crippen molar-refractivity contribution in [1.82, 2.24) is 5.32 Å². The van der Waals surface area contributed by atoms with Gasteiger partial charge in [-0.15, -0.1) is 0 Å². The molecule has 1 saturated carbocycles. The molecule has 1 heterocycles. The Hall–Kier alpha value is -0.0800. The van der Waals surface area contributed by atoms with Gasteiger partial charge in [-0.2, -0.15) is 0 Å². The summed E-state index contributed by atoms with van der Waals surface area (Å²) in [5, 5.41) is 3.61. The van der Waals surface area contributed by atoms with Gasteiger partial charge in [-0.05, 0) is 44.6 Å². The topological polar surface area (TPSA) is 21.3 Å². The highest BCUT2D eigenvalue weighted by Crippen LogP contribution is 2.31. The largest absolute Gasteiger partial charge is 0.381 e. The van der Waals surface area contributed by atoms with Crippen LogP contribution in [0.1, 0.15) is 32.1 Å². The van der Waals surface area contributed by atoms with Crippen molar-refractivity contribution in [3.05, 3.63) is 0 Å². The minimum atomic E-state index is 0.547. The molecule has 2 nitrogen and oxygen atoms in total. The number of rotatable bonds is 1. The molecule has 2 aliphatic rings. The monoisotopic (exact) mass is 169 g/mol. The molecule has 1 N–H and O–H groups in total. The van der Waals surface area contributed by atoms with Gasteiger partial charge in [0.05, 0.1) is 6.10 Å². The molecular formula is C10H19NO. The van der Waals surface area contributed by atoms with Crippen LogP contribution in [0, 0.1) is 5.92 Å². The number of methoxy groups -OCH3 is 1. The molecule has 70 valence electrons. The Morgan fingerprint density at radius 2 is 2.17 bits per heavy atom. The normalized spacial score (nSPS) is 42.2. The van der Waals surface area contributed by atoms with E-state index in [0.717, 1.165) is 12.0 Å². The summed E-state index contributed by atoms with van der Waals surface area (Å²) in [4.78, 5) is 0. The number of hydrogen-bond donors (Lipinski definition) is 1. The molecule has 1 aliphatic heterocycles. The SMILES string of the molecule is COC1CCC2NCCCC2C1. The highest BCUT2D eigenvalue weighted by molar-refractivity contribution is 4.87. The third kappa shape index (κ3) is 1.64. The van der Waals surface area contributed by atoms with Crippen molar-refractivity contribution in [2.75, 3.05) is 13.7 Å². The molecule has 2 rings (SSSR count). The van der Waals surface area contributed by atoms with Gasteiger partial charge in [-0.1, -0.05) is 0 Å². The van der Waals surface area contributed by atoms with E-state index in [0.29, 0.717) is 6.10 Å². The van der Waals surface area contributed by atoms with Crippen molar-refractivity contribution in [2.24, 2.45) is 5.92 Å². The van der Waals surface area contributed by atoms with Crippen LogP contribution in [-0.4, -0.2) is 25.8 Å². The lowest BCUT2D eigenvalue weighted by molar-refractivity contribution is 0.0292. The lowest BCUT2D eigenvalue weighted by atomic mass is 9.78. The van der Waals surface area contributed by atoms with Crippen LogP contribution in [0.25, 0.3) is 0 Å². The summed E-state index contributed by atoms with van der Waals surface area (Å²) in [6.07, 6.45) is 7.18. The maximum Gasteiger partial charge on any atom is 0.0575 e. The molecule has 2 heteroatoms. The Morgan fingerprint density at radius 1 is 1.25 bits per heavy atom. The summed E-state index contributed by atoms with van der Waals surface area (Å²) < 4.78 is 5.41. The summed E-state index contributed by atoms with van der Waals surface area (Å²) >= 11 is 0.